The van der Waals surface area contributed by atoms with E-state index in [0.717, 1.165) is 23.6 Å². The molecule has 1 spiro atoms. The fourth-order valence-corrected chi connectivity index (χ4v) is 8.22. The Morgan fingerprint density at radius 3 is 2.64 bits per heavy atom. The third-order valence-electron chi connectivity index (χ3n) is 7.21. The van der Waals surface area contributed by atoms with E-state index in [2.05, 4.69) is 13.8 Å². The first-order valence-electron chi connectivity index (χ1n) is 8.97. The minimum absolute atomic E-state index is 0.0577. The van der Waals surface area contributed by atoms with Crippen LogP contribution in [0, 0.1) is 16.7 Å². The van der Waals surface area contributed by atoms with Crippen molar-refractivity contribution in [1.82, 2.24) is 4.31 Å². The van der Waals surface area contributed by atoms with Gasteiger partial charge >= 0.3 is 0 Å². The highest BCUT2D eigenvalue weighted by atomic mass is 32.2. The average Bonchev–Trinajstić information content (AvgIpc) is 3.02. The molecular weight excluding hydrogens is 338 g/mol. The summed E-state index contributed by atoms with van der Waals surface area (Å²) in [5.41, 5.74) is 0.261. The molecule has 1 aromatic rings. The Morgan fingerprint density at radius 1 is 1.32 bits per heavy atom. The lowest BCUT2D eigenvalue weighted by Crippen LogP contribution is -2.44. The summed E-state index contributed by atoms with van der Waals surface area (Å²) in [5.74, 6) is 0.0744. The van der Waals surface area contributed by atoms with Crippen molar-refractivity contribution >= 4 is 15.9 Å². The van der Waals surface area contributed by atoms with Gasteiger partial charge in [0.15, 0.2) is 0 Å². The van der Waals surface area contributed by atoms with Crippen LogP contribution in [0.1, 0.15) is 51.2 Å². The molecule has 5 nitrogen and oxygen atoms in total. The van der Waals surface area contributed by atoms with Gasteiger partial charge in [-0.3, -0.25) is 4.79 Å². The van der Waals surface area contributed by atoms with Crippen molar-refractivity contribution in [3.05, 3.63) is 35.9 Å². The first-order chi connectivity index (χ1) is 11.7. The van der Waals surface area contributed by atoms with Crippen LogP contribution in [0.25, 0.3) is 0 Å². The van der Waals surface area contributed by atoms with Crippen molar-refractivity contribution in [1.29, 1.82) is 0 Å². The molecular formula is C19H25NO4S. The van der Waals surface area contributed by atoms with Gasteiger partial charge in [-0.15, -0.1) is 0 Å². The van der Waals surface area contributed by atoms with Crippen molar-refractivity contribution < 1.29 is 18.3 Å². The third-order valence-corrected chi connectivity index (χ3v) is 9.15. The summed E-state index contributed by atoms with van der Waals surface area (Å²) in [6.45, 7) is 4.32. The van der Waals surface area contributed by atoms with E-state index in [1.54, 1.807) is 24.3 Å². The standard InChI is InChI=1S/C19H25NO4S/c1-18(2)14-8-9-19(18)12-25(23,24)20(16(19)10-14)17(22)11-15(21)13-6-4-3-5-7-13/h3-7,14-16,21H,8-12H2,1-2H3/t14-,15+,16-,19-/m0/s1. The zero-order valence-corrected chi connectivity index (χ0v) is 15.5. The fourth-order valence-electron chi connectivity index (χ4n) is 5.67. The van der Waals surface area contributed by atoms with E-state index in [9.17, 15) is 18.3 Å². The topological polar surface area (TPSA) is 74.7 Å². The van der Waals surface area contributed by atoms with Crippen LogP contribution in [0.15, 0.2) is 30.3 Å². The minimum atomic E-state index is -3.62. The lowest BCUT2D eigenvalue weighted by molar-refractivity contribution is -0.131. The molecule has 4 atom stereocenters. The highest BCUT2D eigenvalue weighted by Gasteiger charge is 2.72. The van der Waals surface area contributed by atoms with Crippen molar-refractivity contribution in [2.75, 3.05) is 5.75 Å². The highest BCUT2D eigenvalue weighted by Crippen LogP contribution is 2.70. The molecule has 1 N–H and O–H groups in total. The molecule has 0 aromatic heterocycles. The number of rotatable bonds is 3. The monoisotopic (exact) mass is 363 g/mol. The van der Waals surface area contributed by atoms with Gasteiger partial charge in [0.05, 0.1) is 24.3 Å². The van der Waals surface area contributed by atoms with Crippen LogP contribution < -0.4 is 0 Å². The molecule has 6 heteroatoms. The van der Waals surface area contributed by atoms with E-state index >= 15 is 0 Å². The maximum absolute atomic E-state index is 12.9. The average molecular weight is 363 g/mol. The van der Waals surface area contributed by atoms with Crippen LogP contribution in [0.5, 0.6) is 0 Å². The Balaban J connectivity index is 1.61. The highest BCUT2D eigenvalue weighted by molar-refractivity contribution is 7.90. The third kappa shape index (κ3) is 2.23. The second-order valence-electron chi connectivity index (χ2n) is 8.44. The second kappa shape index (κ2) is 5.30. The number of fused-ring (bicyclic) bond motifs is 1. The molecule has 25 heavy (non-hydrogen) atoms. The summed E-state index contributed by atoms with van der Waals surface area (Å²) < 4.78 is 26.8. The molecule has 1 aliphatic heterocycles. The van der Waals surface area contributed by atoms with Gasteiger partial charge in [-0.2, -0.15) is 0 Å². The van der Waals surface area contributed by atoms with Gasteiger partial charge in [0, 0.05) is 5.41 Å². The molecule has 136 valence electrons. The minimum Gasteiger partial charge on any atom is -0.388 e. The molecule has 1 amide bonds. The Morgan fingerprint density at radius 2 is 2.00 bits per heavy atom. The molecule has 4 rings (SSSR count). The smallest absolute Gasteiger partial charge is 0.239 e. The normalized spacial score (nSPS) is 35.6. The van der Waals surface area contributed by atoms with Crippen LogP contribution in [-0.2, 0) is 14.8 Å². The quantitative estimate of drug-likeness (QED) is 0.895. The van der Waals surface area contributed by atoms with Crippen LogP contribution in [-0.4, -0.2) is 35.5 Å². The molecule has 2 bridgehead atoms. The van der Waals surface area contributed by atoms with Crippen molar-refractivity contribution in [2.45, 2.75) is 51.7 Å². The first kappa shape index (κ1) is 17.0. The largest absolute Gasteiger partial charge is 0.388 e. The summed E-state index contributed by atoms with van der Waals surface area (Å²) >= 11 is 0. The van der Waals surface area contributed by atoms with Gasteiger partial charge in [-0.1, -0.05) is 44.2 Å². The molecule has 2 saturated carbocycles. The number of benzene rings is 1. The van der Waals surface area contributed by atoms with E-state index in [1.165, 1.54) is 0 Å². The number of carbonyl (C=O) groups excluding carboxylic acids is 1. The Bertz CT molecular complexity index is 804. The number of aliphatic hydroxyl groups excluding tert-OH is 1. The number of nitrogens with zero attached hydrogens (tertiary/aromatic N) is 1. The lowest BCUT2D eigenvalue weighted by Gasteiger charge is -2.37. The van der Waals surface area contributed by atoms with E-state index in [1.807, 2.05) is 6.07 Å². The molecule has 1 aromatic carbocycles. The second-order valence-corrected chi connectivity index (χ2v) is 10.3. The molecule has 1 heterocycles. The van der Waals surface area contributed by atoms with Crippen molar-refractivity contribution in [3.63, 3.8) is 0 Å². The number of hydrogen-bond acceptors (Lipinski definition) is 4. The summed E-state index contributed by atoms with van der Waals surface area (Å²) in [4.78, 5) is 12.9. The number of carbonyl (C=O) groups is 1. The number of aliphatic hydroxyl groups is 1. The van der Waals surface area contributed by atoms with Crippen LogP contribution in [0.4, 0.5) is 0 Å². The summed E-state index contributed by atoms with van der Waals surface area (Å²) in [7, 11) is -3.62. The van der Waals surface area contributed by atoms with E-state index < -0.39 is 22.0 Å². The summed E-state index contributed by atoms with van der Waals surface area (Å²) in [5, 5.41) is 10.4. The van der Waals surface area contributed by atoms with E-state index in [-0.39, 0.29) is 29.0 Å². The Kier molecular flexibility index (Phi) is 3.61. The van der Waals surface area contributed by atoms with Gasteiger partial charge in [-0.25, -0.2) is 12.7 Å². The Hall–Kier alpha value is -1.40. The number of hydrogen-bond donors (Lipinski definition) is 1. The van der Waals surface area contributed by atoms with Gasteiger partial charge < -0.3 is 5.11 Å². The zero-order chi connectivity index (χ0) is 18.0. The van der Waals surface area contributed by atoms with Crippen molar-refractivity contribution in [3.8, 4) is 0 Å². The SMILES string of the molecule is CC1(C)[C@H]2CC[C@@]13CS(=O)(=O)N(C(=O)C[C@@H](O)c1ccccc1)[C@H]3C2. The summed E-state index contributed by atoms with van der Waals surface area (Å²) in [6, 6.07) is 8.69. The fraction of sp³-hybridized carbons (Fsp3) is 0.632. The maximum atomic E-state index is 12.9. The predicted molar refractivity (Wildman–Crippen MR) is 94.0 cm³/mol. The summed E-state index contributed by atoms with van der Waals surface area (Å²) in [6.07, 6.45) is 1.51. The van der Waals surface area contributed by atoms with E-state index in [0.29, 0.717) is 11.5 Å². The predicted octanol–water partition coefficient (Wildman–Crippen LogP) is 2.48. The first-order valence-corrected chi connectivity index (χ1v) is 10.6. The van der Waals surface area contributed by atoms with E-state index in [4.69, 9.17) is 0 Å². The molecule has 2 aliphatic carbocycles. The van der Waals surface area contributed by atoms with Crippen LogP contribution in [0.3, 0.4) is 0 Å². The molecule has 0 unspecified atom stereocenters. The number of amides is 1. The molecule has 3 aliphatic rings. The zero-order valence-electron chi connectivity index (χ0n) is 14.7. The van der Waals surface area contributed by atoms with Crippen LogP contribution >= 0.6 is 0 Å². The van der Waals surface area contributed by atoms with Crippen molar-refractivity contribution in [2.24, 2.45) is 16.7 Å². The Labute approximate surface area is 149 Å². The van der Waals surface area contributed by atoms with Gasteiger partial charge in [0.2, 0.25) is 15.9 Å². The molecule has 3 fully saturated rings. The van der Waals surface area contributed by atoms with Crippen LogP contribution in [0.2, 0.25) is 0 Å². The molecule has 1 saturated heterocycles. The lowest BCUT2D eigenvalue weighted by atomic mass is 9.69. The van der Waals surface area contributed by atoms with Gasteiger partial charge in [0.1, 0.15) is 0 Å². The van der Waals surface area contributed by atoms with Gasteiger partial charge in [0.25, 0.3) is 0 Å². The number of sulfonamides is 1. The van der Waals surface area contributed by atoms with Gasteiger partial charge in [-0.05, 0) is 36.2 Å². The molecule has 0 radical (unpaired) electrons. The maximum Gasteiger partial charge on any atom is 0.239 e.